The second-order valence-corrected chi connectivity index (χ2v) is 4.45. The molecule has 0 heterocycles. The molecule has 0 aromatic rings. The number of rotatable bonds is 3. The fourth-order valence-corrected chi connectivity index (χ4v) is 1.95. The molecule has 0 unspecified atom stereocenters. The summed E-state index contributed by atoms with van der Waals surface area (Å²) in [5.74, 6) is 0.255. The van der Waals surface area contributed by atoms with Gasteiger partial charge in [0.05, 0.1) is 0 Å². The van der Waals surface area contributed by atoms with Crippen LogP contribution in [0, 0.1) is 0 Å². The highest BCUT2D eigenvalue weighted by atomic mass is 16.5. The summed E-state index contributed by atoms with van der Waals surface area (Å²) in [5, 5.41) is 0. The maximum absolute atomic E-state index is 11.0. The minimum absolute atomic E-state index is 0.0597. The molecule has 2 nitrogen and oxygen atoms in total. The molecular formula is C12H20O2. The highest BCUT2D eigenvalue weighted by Gasteiger charge is 2.28. The lowest BCUT2D eigenvalue weighted by atomic mass is 9.96. The molecular weight excluding hydrogens is 176 g/mol. The Balaban J connectivity index is 2.54. The summed E-state index contributed by atoms with van der Waals surface area (Å²) >= 11 is 0. The first kappa shape index (κ1) is 11.3. The number of hydrogen-bond acceptors (Lipinski definition) is 2. The van der Waals surface area contributed by atoms with Crippen LogP contribution >= 0.6 is 0 Å². The highest BCUT2D eigenvalue weighted by Crippen LogP contribution is 2.31. The van der Waals surface area contributed by atoms with E-state index in [9.17, 15) is 4.79 Å². The van der Waals surface area contributed by atoms with E-state index < -0.39 is 0 Å². The van der Waals surface area contributed by atoms with E-state index in [4.69, 9.17) is 4.74 Å². The number of ketones is 1. The molecule has 0 amide bonds. The van der Waals surface area contributed by atoms with Gasteiger partial charge < -0.3 is 4.74 Å². The Morgan fingerprint density at radius 3 is 2.14 bits per heavy atom. The van der Waals surface area contributed by atoms with Crippen LogP contribution in [0.25, 0.3) is 0 Å². The van der Waals surface area contributed by atoms with Crippen molar-refractivity contribution in [2.45, 2.75) is 58.0 Å². The van der Waals surface area contributed by atoms with Crippen LogP contribution in [0.1, 0.15) is 52.4 Å². The van der Waals surface area contributed by atoms with E-state index >= 15 is 0 Å². The van der Waals surface area contributed by atoms with E-state index in [1.54, 1.807) is 0 Å². The third-order valence-electron chi connectivity index (χ3n) is 2.92. The van der Waals surface area contributed by atoms with Gasteiger partial charge in [-0.3, -0.25) is 4.79 Å². The summed E-state index contributed by atoms with van der Waals surface area (Å²) < 4.78 is 5.68. The van der Waals surface area contributed by atoms with Crippen molar-refractivity contribution in [3.8, 4) is 0 Å². The summed E-state index contributed by atoms with van der Waals surface area (Å²) in [6, 6.07) is 0. The van der Waals surface area contributed by atoms with Gasteiger partial charge in [-0.1, -0.05) is 19.4 Å². The van der Waals surface area contributed by atoms with Crippen molar-refractivity contribution in [2.75, 3.05) is 0 Å². The van der Waals surface area contributed by atoms with Crippen molar-refractivity contribution < 1.29 is 9.53 Å². The Labute approximate surface area is 86.3 Å². The van der Waals surface area contributed by atoms with Gasteiger partial charge in [-0.05, 0) is 32.6 Å². The largest absolute Gasteiger partial charge is 0.484 e. The average Bonchev–Trinajstić information content (AvgIpc) is 2.30. The van der Waals surface area contributed by atoms with Crippen LogP contribution < -0.4 is 0 Å². The first-order chi connectivity index (χ1) is 6.53. The highest BCUT2D eigenvalue weighted by molar-refractivity contribution is 5.90. The number of Topliss-reactive ketones (excluding diaryl/α,β-unsaturated/α-hetero) is 1. The molecule has 80 valence electrons. The average molecular weight is 196 g/mol. The number of carbonyl (C=O) groups excluding carboxylic acids is 1. The van der Waals surface area contributed by atoms with E-state index in [-0.39, 0.29) is 11.4 Å². The molecule has 1 saturated carbocycles. The van der Waals surface area contributed by atoms with Gasteiger partial charge in [0, 0.05) is 6.92 Å². The van der Waals surface area contributed by atoms with E-state index in [1.807, 2.05) is 0 Å². The first-order valence-electron chi connectivity index (χ1n) is 5.42. The molecule has 0 aliphatic heterocycles. The molecule has 1 rings (SSSR count). The zero-order valence-corrected chi connectivity index (χ0v) is 9.27. The number of carbonyl (C=O) groups is 1. The maximum atomic E-state index is 11.0. The minimum atomic E-state index is -0.154. The second-order valence-electron chi connectivity index (χ2n) is 4.45. The third-order valence-corrected chi connectivity index (χ3v) is 2.92. The normalized spacial score (nSPS) is 21.0. The molecule has 1 aliphatic carbocycles. The Kier molecular flexibility index (Phi) is 3.73. The van der Waals surface area contributed by atoms with Crippen molar-refractivity contribution >= 4 is 5.78 Å². The molecule has 0 aromatic carbocycles. The fourth-order valence-electron chi connectivity index (χ4n) is 1.95. The predicted molar refractivity (Wildman–Crippen MR) is 57.0 cm³/mol. The Morgan fingerprint density at radius 2 is 1.71 bits per heavy atom. The third kappa shape index (κ3) is 3.17. The van der Waals surface area contributed by atoms with Gasteiger partial charge >= 0.3 is 0 Å². The van der Waals surface area contributed by atoms with E-state index in [0.717, 1.165) is 12.8 Å². The summed E-state index contributed by atoms with van der Waals surface area (Å²) in [4.78, 5) is 11.0. The van der Waals surface area contributed by atoms with Gasteiger partial charge in [0.1, 0.15) is 5.60 Å². The lowest BCUT2D eigenvalue weighted by Crippen LogP contribution is -2.28. The van der Waals surface area contributed by atoms with Crippen molar-refractivity contribution in [3.05, 3.63) is 12.3 Å². The summed E-state index contributed by atoms with van der Waals surface area (Å²) in [6.45, 7) is 7.24. The van der Waals surface area contributed by atoms with E-state index in [0.29, 0.717) is 5.76 Å². The zero-order chi connectivity index (χ0) is 10.6. The molecule has 1 aliphatic rings. The van der Waals surface area contributed by atoms with Gasteiger partial charge in [-0.15, -0.1) is 0 Å². The van der Waals surface area contributed by atoms with Crippen LogP contribution in [0.4, 0.5) is 0 Å². The van der Waals surface area contributed by atoms with Crippen LogP contribution in [-0.2, 0) is 9.53 Å². The molecule has 0 atom stereocenters. The maximum Gasteiger partial charge on any atom is 0.193 e. The monoisotopic (exact) mass is 196 g/mol. The number of hydrogen-bond donors (Lipinski definition) is 0. The van der Waals surface area contributed by atoms with Crippen molar-refractivity contribution in [1.82, 2.24) is 0 Å². The number of ether oxygens (including phenoxy) is 1. The lowest BCUT2D eigenvalue weighted by Gasteiger charge is -2.29. The standard InChI is InChI=1S/C12H20O2/c1-10(13)11(2)14-12(3)8-6-4-5-7-9-12/h2,4-9H2,1,3H3. The molecule has 0 saturated heterocycles. The molecule has 14 heavy (non-hydrogen) atoms. The van der Waals surface area contributed by atoms with Crippen molar-refractivity contribution in [1.29, 1.82) is 0 Å². The van der Waals surface area contributed by atoms with Crippen LogP contribution in [-0.4, -0.2) is 11.4 Å². The van der Waals surface area contributed by atoms with Crippen LogP contribution in [0.5, 0.6) is 0 Å². The smallest absolute Gasteiger partial charge is 0.193 e. The molecule has 0 N–H and O–H groups in total. The van der Waals surface area contributed by atoms with Crippen LogP contribution in [0.3, 0.4) is 0 Å². The summed E-state index contributed by atoms with van der Waals surface area (Å²) in [5.41, 5.74) is -0.154. The summed E-state index contributed by atoms with van der Waals surface area (Å²) in [7, 11) is 0. The zero-order valence-electron chi connectivity index (χ0n) is 9.27. The minimum Gasteiger partial charge on any atom is -0.484 e. The first-order valence-corrected chi connectivity index (χ1v) is 5.42. The van der Waals surface area contributed by atoms with E-state index in [2.05, 4.69) is 13.5 Å². The molecule has 0 spiro atoms. The second kappa shape index (κ2) is 4.63. The Hall–Kier alpha value is -0.790. The van der Waals surface area contributed by atoms with Crippen LogP contribution in [0.2, 0.25) is 0 Å². The van der Waals surface area contributed by atoms with Crippen molar-refractivity contribution in [3.63, 3.8) is 0 Å². The molecule has 0 radical (unpaired) electrons. The van der Waals surface area contributed by atoms with Gasteiger partial charge in [0.25, 0.3) is 0 Å². The van der Waals surface area contributed by atoms with Gasteiger partial charge in [-0.25, -0.2) is 0 Å². The Morgan fingerprint density at radius 1 is 1.21 bits per heavy atom. The van der Waals surface area contributed by atoms with Crippen molar-refractivity contribution in [2.24, 2.45) is 0 Å². The predicted octanol–water partition coefficient (Wildman–Crippen LogP) is 3.22. The quantitative estimate of drug-likeness (QED) is 0.393. The topological polar surface area (TPSA) is 26.3 Å². The van der Waals surface area contributed by atoms with Gasteiger partial charge in [0.2, 0.25) is 0 Å². The van der Waals surface area contributed by atoms with Crippen LogP contribution in [0.15, 0.2) is 12.3 Å². The molecule has 0 aromatic heterocycles. The van der Waals surface area contributed by atoms with Gasteiger partial charge in [-0.2, -0.15) is 0 Å². The Bertz CT molecular complexity index is 222. The molecule has 2 heteroatoms. The number of allylic oxidation sites excluding steroid dienone is 1. The SMILES string of the molecule is C=C(OC1(C)CCCCCC1)C(C)=O. The summed E-state index contributed by atoms with van der Waals surface area (Å²) in [6.07, 6.45) is 7.04. The molecule has 0 bridgehead atoms. The molecule has 1 fully saturated rings. The fraction of sp³-hybridized carbons (Fsp3) is 0.750. The van der Waals surface area contributed by atoms with E-state index in [1.165, 1.54) is 32.6 Å². The lowest BCUT2D eigenvalue weighted by molar-refractivity contribution is -0.120. The van der Waals surface area contributed by atoms with Gasteiger partial charge in [0.15, 0.2) is 11.5 Å².